The molecule has 148 valence electrons. The predicted molar refractivity (Wildman–Crippen MR) is 120 cm³/mol. The van der Waals surface area contributed by atoms with E-state index in [0.29, 0.717) is 27.5 Å². The van der Waals surface area contributed by atoms with Crippen molar-refractivity contribution in [3.63, 3.8) is 0 Å². The minimum absolute atomic E-state index is 0.170. The van der Waals surface area contributed by atoms with Crippen LogP contribution in [0.15, 0.2) is 82.7 Å². The van der Waals surface area contributed by atoms with Crippen molar-refractivity contribution in [2.45, 2.75) is 17.8 Å². The Labute approximate surface area is 176 Å². The van der Waals surface area contributed by atoms with Crippen LogP contribution in [0.5, 0.6) is 0 Å². The lowest BCUT2D eigenvalue weighted by Gasteiger charge is -2.12. The van der Waals surface area contributed by atoms with Gasteiger partial charge in [-0.15, -0.1) is 0 Å². The number of H-pyrrole nitrogens is 1. The van der Waals surface area contributed by atoms with Crippen molar-refractivity contribution in [1.29, 1.82) is 0 Å². The molecule has 3 aromatic carbocycles. The molecule has 0 atom stereocenters. The van der Waals surface area contributed by atoms with Crippen molar-refractivity contribution in [1.82, 2.24) is 14.5 Å². The summed E-state index contributed by atoms with van der Waals surface area (Å²) in [6.07, 6.45) is 0. The molecule has 1 N–H and O–H groups in total. The number of hydrogen-bond donors (Lipinski definition) is 1. The van der Waals surface area contributed by atoms with Crippen LogP contribution in [-0.4, -0.2) is 14.5 Å². The van der Waals surface area contributed by atoms with E-state index in [1.54, 1.807) is 16.7 Å². The van der Waals surface area contributed by atoms with Crippen molar-refractivity contribution < 1.29 is 4.39 Å². The normalized spacial score (nSPS) is 11.4. The first-order valence-corrected chi connectivity index (χ1v) is 10.6. The van der Waals surface area contributed by atoms with Crippen molar-refractivity contribution >= 4 is 33.7 Å². The number of benzene rings is 3. The first-order chi connectivity index (χ1) is 14.6. The third-order valence-corrected chi connectivity index (χ3v) is 6.09. The molecule has 0 aliphatic heterocycles. The monoisotopic (exact) mass is 415 g/mol. The molecule has 2 aromatic heterocycles. The second-order valence-corrected chi connectivity index (χ2v) is 8.09. The quantitative estimate of drug-likeness (QED) is 0.307. The Bertz CT molecular complexity index is 1440. The van der Waals surface area contributed by atoms with Crippen LogP contribution >= 0.6 is 11.8 Å². The SMILES string of the molecule is Cc1ccc(-n2c(SCc3ccccc3F)nc3c([nH]c4ccccc43)c2=O)cc1. The van der Waals surface area contributed by atoms with Gasteiger partial charge in [0, 0.05) is 16.7 Å². The maximum Gasteiger partial charge on any atom is 0.283 e. The van der Waals surface area contributed by atoms with Crippen LogP contribution in [0.25, 0.3) is 27.6 Å². The summed E-state index contributed by atoms with van der Waals surface area (Å²) in [5.74, 6) is 0.112. The minimum Gasteiger partial charge on any atom is -0.349 e. The number of aryl methyl sites for hydroxylation is 1. The van der Waals surface area contributed by atoms with Crippen molar-refractivity contribution in [2.75, 3.05) is 0 Å². The molecule has 30 heavy (non-hydrogen) atoms. The largest absolute Gasteiger partial charge is 0.349 e. The van der Waals surface area contributed by atoms with Gasteiger partial charge < -0.3 is 4.98 Å². The topological polar surface area (TPSA) is 50.7 Å². The molecule has 0 aliphatic carbocycles. The van der Waals surface area contributed by atoms with Gasteiger partial charge in [-0.25, -0.2) is 9.37 Å². The summed E-state index contributed by atoms with van der Waals surface area (Å²) in [7, 11) is 0. The van der Waals surface area contributed by atoms with Gasteiger partial charge in [-0.3, -0.25) is 9.36 Å². The molecular weight excluding hydrogens is 397 g/mol. The number of halogens is 1. The highest BCUT2D eigenvalue weighted by molar-refractivity contribution is 7.98. The molecule has 0 saturated carbocycles. The Hall–Kier alpha value is -3.38. The second-order valence-electron chi connectivity index (χ2n) is 7.14. The number of fused-ring (bicyclic) bond motifs is 3. The minimum atomic E-state index is -0.262. The molecule has 0 radical (unpaired) electrons. The average Bonchev–Trinajstić information content (AvgIpc) is 3.13. The standard InChI is InChI=1S/C24H18FN3OS/c1-15-10-12-17(13-11-15)28-23(29)22-21(18-7-3-5-9-20(18)26-22)27-24(28)30-14-16-6-2-4-8-19(16)25/h2-13,26H,14H2,1H3. The number of nitrogens with one attached hydrogen (secondary N) is 1. The molecule has 0 spiro atoms. The first-order valence-electron chi connectivity index (χ1n) is 9.58. The van der Waals surface area contributed by atoms with Crippen LogP contribution in [0.4, 0.5) is 4.39 Å². The van der Waals surface area contributed by atoms with Crippen molar-refractivity contribution in [3.8, 4) is 5.69 Å². The van der Waals surface area contributed by atoms with Gasteiger partial charge in [0.05, 0.1) is 5.69 Å². The number of para-hydroxylation sites is 1. The summed E-state index contributed by atoms with van der Waals surface area (Å²) in [6.45, 7) is 2.00. The fourth-order valence-corrected chi connectivity index (χ4v) is 4.51. The summed E-state index contributed by atoms with van der Waals surface area (Å²) in [4.78, 5) is 21.5. The zero-order valence-corrected chi connectivity index (χ0v) is 17.0. The number of aromatic amines is 1. The van der Waals surface area contributed by atoms with E-state index in [1.807, 2.05) is 61.5 Å². The fraction of sp³-hybridized carbons (Fsp3) is 0.0833. The van der Waals surface area contributed by atoms with Crippen LogP contribution in [0.1, 0.15) is 11.1 Å². The highest BCUT2D eigenvalue weighted by atomic mass is 32.2. The number of rotatable bonds is 4. The van der Waals surface area contributed by atoms with Gasteiger partial charge >= 0.3 is 0 Å². The molecule has 6 heteroatoms. The van der Waals surface area contributed by atoms with E-state index in [0.717, 1.165) is 22.2 Å². The van der Waals surface area contributed by atoms with Crippen LogP contribution in [-0.2, 0) is 5.75 Å². The van der Waals surface area contributed by atoms with Crippen molar-refractivity contribution in [3.05, 3.63) is 100 Å². The highest BCUT2D eigenvalue weighted by Crippen LogP contribution is 2.28. The second kappa shape index (κ2) is 7.46. The molecule has 5 aromatic rings. The van der Waals surface area contributed by atoms with Crippen LogP contribution < -0.4 is 5.56 Å². The molecule has 5 rings (SSSR count). The van der Waals surface area contributed by atoms with Gasteiger partial charge in [-0.05, 0) is 36.8 Å². The maximum absolute atomic E-state index is 14.1. The molecular formula is C24H18FN3OS. The first kappa shape index (κ1) is 18.6. The van der Waals surface area contributed by atoms with E-state index in [9.17, 15) is 9.18 Å². The Morgan fingerprint density at radius 3 is 2.53 bits per heavy atom. The number of aromatic nitrogens is 3. The van der Waals surface area contributed by atoms with Crippen LogP contribution in [0, 0.1) is 12.7 Å². The van der Waals surface area contributed by atoms with Gasteiger partial charge in [0.1, 0.15) is 16.9 Å². The van der Waals surface area contributed by atoms with E-state index < -0.39 is 0 Å². The molecule has 0 amide bonds. The Morgan fingerprint density at radius 1 is 1.00 bits per heavy atom. The van der Waals surface area contributed by atoms with E-state index in [1.165, 1.54) is 17.8 Å². The van der Waals surface area contributed by atoms with Gasteiger partial charge in [0.15, 0.2) is 5.16 Å². The maximum atomic E-state index is 14.1. The lowest BCUT2D eigenvalue weighted by Crippen LogP contribution is -2.21. The fourth-order valence-electron chi connectivity index (χ4n) is 3.52. The Kier molecular flexibility index (Phi) is 4.64. The molecule has 0 bridgehead atoms. The Balaban J connectivity index is 1.72. The molecule has 0 unspecified atom stereocenters. The molecule has 0 aliphatic rings. The van der Waals surface area contributed by atoms with Crippen LogP contribution in [0.2, 0.25) is 0 Å². The average molecular weight is 415 g/mol. The van der Waals surface area contributed by atoms with Gasteiger partial charge in [-0.2, -0.15) is 0 Å². The zero-order chi connectivity index (χ0) is 20.7. The number of thioether (sulfide) groups is 1. The summed E-state index contributed by atoms with van der Waals surface area (Å²) in [5.41, 5.74) is 4.20. The third kappa shape index (κ3) is 3.19. The summed E-state index contributed by atoms with van der Waals surface area (Å²) < 4.78 is 15.7. The number of hydrogen-bond acceptors (Lipinski definition) is 3. The smallest absolute Gasteiger partial charge is 0.283 e. The van der Waals surface area contributed by atoms with E-state index in [2.05, 4.69) is 4.98 Å². The van der Waals surface area contributed by atoms with E-state index >= 15 is 0 Å². The van der Waals surface area contributed by atoms with Crippen LogP contribution in [0.3, 0.4) is 0 Å². The lowest BCUT2D eigenvalue weighted by molar-refractivity contribution is 0.617. The Morgan fingerprint density at radius 2 is 1.73 bits per heavy atom. The van der Waals surface area contributed by atoms with Gasteiger partial charge in [0.25, 0.3) is 5.56 Å². The molecule has 0 saturated heterocycles. The van der Waals surface area contributed by atoms with Gasteiger partial charge in [0.2, 0.25) is 0 Å². The summed E-state index contributed by atoms with van der Waals surface area (Å²) in [6, 6.07) is 22.1. The van der Waals surface area contributed by atoms with E-state index in [4.69, 9.17) is 4.98 Å². The summed E-state index contributed by atoms with van der Waals surface area (Å²) >= 11 is 1.35. The number of nitrogens with zero attached hydrogens (tertiary/aromatic N) is 2. The van der Waals surface area contributed by atoms with Crippen molar-refractivity contribution in [2.24, 2.45) is 0 Å². The third-order valence-electron chi connectivity index (χ3n) is 5.10. The lowest BCUT2D eigenvalue weighted by atomic mass is 10.2. The summed E-state index contributed by atoms with van der Waals surface area (Å²) in [5, 5.41) is 1.43. The predicted octanol–water partition coefficient (Wildman–Crippen LogP) is 5.61. The molecule has 0 fully saturated rings. The molecule has 2 heterocycles. The molecule has 4 nitrogen and oxygen atoms in total. The zero-order valence-electron chi connectivity index (χ0n) is 16.2. The highest BCUT2D eigenvalue weighted by Gasteiger charge is 2.17. The van der Waals surface area contributed by atoms with E-state index in [-0.39, 0.29) is 11.4 Å². The van der Waals surface area contributed by atoms with Gasteiger partial charge in [-0.1, -0.05) is 65.9 Å².